The number of benzene rings is 4. The molecule has 0 aliphatic rings. The second kappa shape index (κ2) is 10.5. The molecule has 35 heavy (non-hydrogen) atoms. The number of halogens is 2. The predicted molar refractivity (Wildman–Crippen MR) is 142 cm³/mol. The fraction of sp³-hybridized carbons (Fsp3) is 0.0741. The minimum atomic E-state index is -4.02. The molecular formula is C27H22Cl2N2O3S. The van der Waals surface area contributed by atoms with Crippen molar-refractivity contribution in [2.24, 2.45) is 0 Å². The number of para-hydroxylation sites is 2. The van der Waals surface area contributed by atoms with Gasteiger partial charge in [0.2, 0.25) is 0 Å². The van der Waals surface area contributed by atoms with Crippen molar-refractivity contribution in [3.05, 3.63) is 124 Å². The summed E-state index contributed by atoms with van der Waals surface area (Å²) in [5.74, 6) is -0.478. The molecule has 1 N–H and O–H groups in total. The van der Waals surface area contributed by atoms with Gasteiger partial charge in [0.05, 0.1) is 33.4 Å². The molecule has 0 atom stereocenters. The molecule has 0 aliphatic heterocycles. The average molecular weight is 525 g/mol. The van der Waals surface area contributed by atoms with E-state index in [1.165, 1.54) is 4.31 Å². The Kier molecular flexibility index (Phi) is 7.45. The van der Waals surface area contributed by atoms with E-state index < -0.39 is 15.9 Å². The SMILES string of the molecule is Cc1ccc(S(=O)(=O)N(Cc2ccc(Cl)cc2)c2ccccc2C(=O)Nc2ccccc2Cl)cc1. The lowest BCUT2D eigenvalue weighted by Gasteiger charge is -2.27. The molecule has 4 aromatic carbocycles. The van der Waals surface area contributed by atoms with E-state index >= 15 is 0 Å². The van der Waals surface area contributed by atoms with Gasteiger partial charge in [-0.3, -0.25) is 9.10 Å². The number of nitrogens with zero attached hydrogens (tertiary/aromatic N) is 1. The van der Waals surface area contributed by atoms with E-state index in [-0.39, 0.29) is 22.7 Å². The minimum Gasteiger partial charge on any atom is -0.321 e. The summed E-state index contributed by atoms with van der Waals surface area (Å²) in [6.07, 6.45) is 0. The van der Waals surface area contributed by atoms with Crippen LogP contribution in [0.1, 0.15) is 21.5 Å². The molecule has 0 spiro atoms. The summed E-state index contributed by atoms with van der Waals surface area (Å²) in [5.41, 5.74) is 2.52. The lowest BCUT2D eigenvalue weighted by molar-refractivity contribution is 0.102. The maximum Gasteiger partial charge on any atom is 0.264 e. The zero-order valence-electron chi connectivity index (χ0n) is 18.8. The summed E-state index contributed by atoms with van der Waals surface area (Å²) in [4.78, 5) is 13.4. The first-order valence-corrected chi connectivity index (χ1v) is 12.9. The predicted octanol–water partition coefficient (Wildman–Crippen LogP) is 6.95. The zero-order chi connectivity index (χ0) is 25.0. The van der Waals surface area contributed by atoms with Crippen LogP contribution in [0.5, 0.6) is 0 Å². The van der Waals surface area contributed by atoms with Crippen LogP contribution in [-0.4, -0.2) is 14.3 Å². The summed E-state index contributed by atoms with van der Waals surface area (Å²) in [5, 5.41) is 3.70. The molecule has 178 valence electrons. The van der Waals surface area contributed by atoms with Gasteiger partial charge in [-0.15, -0.1) is 0 Å². The van der Waals surface area contributed by atoms with E-state index in [0.29, 0.717) is 21.3 Å². The number of carbonyl (C=O) groups excluding carboxylic acids is 1. The molecular weight excluding hydrogens is 503 g/mol. The number of amides is 1. The molecule has 0 saturated heterocycles. The Morgan fingerprint density at radius 1 is 0.829 bits per heavy atom. The number of hydrogen-bond donors (Lipinski definition) is 1. The zero-order valence-corrected chi connectivity index (χ0v) is 21.1. The normalized spacial score (nSPS) is 11.2. The number of carbonyl (C=O) groups is 1. The van der Waals surface area contributed by atoms with E-state index in [1.54, 1.807) is 97.1 Å². The fourth-order valence-corrected chi connectivity index (χ4v) is 5.31. The standard InChI is InChI=1S/C27H22Cl2N2O3S/c1-19-10-16-22(17-11-19)35(33,34)31(18-20-12-14-21(28)15-13-20)26-9-5-2-6-23(26)27(32)30-25-8-4-3-7-24(25)29/h2-17H,18H2,1H3,(H,30,32). The molecule has 4 aromatic rings. The first kappa shape index (κ1) is 24.8. The van der Waals surface area contributed by atoms with Crippen LogP contribution in [0.2, 0.25) is 10.0 Å². The first-order chi connectivity index (χ1) is 16.8. The van der Waals surface area contributed by atoms with Gasteiger partial charge in [0, 0.05) is 5.02 Å². The summed E-state index contributed by atoms with van der Waals surface area (Å²) in [6.45, 7) is 1.89. The molecule has 0 bridgehead atoms. The number of hydrogen-bond acceptors (Lipinski definition) is 3. The van der Waals surface area contributed by atoms with Gasteiger partial charge in [0.15, 0.2) is 0 Å². The molecule has 0 fully saturated rings. The van der Waals surface area contributed by atoms with Crippen LogP contribution in [-0.2, 0) is 16.6 Å². The third-order valence-corrected chi connectivity index (χ3v) is 7.74. The van der Waals surface area contributed by atoms with Crippen LogP contribution in [0.25, 0.3) is 0 Å². The Bertz CT molecular complexity index is 1450. The Balaban J connectivity index is 1.80. The van der Waals surface area contributed by atoms with Gasteiger partial charge in [0.25, 0.3) is 15.9 Å². The molecule has 0 unspecified atom stereocenters. The van der Waals surface area contributed by atoms with Crippen LogP contribution >= 0.6 is 23.2 Å². The van der Waals surface area contributed by atoms with Gasteiger partial charge in [0.1, 0.15) is 0 Å². The highest BCUT2D eigenvalue weighted by Gasteiger charge is 2.28. The summed E-state index contributed by atoms with van der Waals surface area (Å²) >= 11 is 12.2. The highest BCUT2D eigenvalue weighted by molar-refractivity contribution is 7.92. The molecule has 0 aromatic heterocycles. The van der Waals surface area contributed by atoms with Crippen molar-refractivity contribution >= 4 is 50.5 Å². The summed E-state index contributed by atoms with van der Waals surface area (Å²) in [7, 11) is -4.02. The van der Waals surface area contributed by atoms with Gasteiger partial charge >= 0.3 is 0 Å². The Morgan fingerprint density at radius 3 is 2.14 bits per heavy atom. The molecule has 0 aliphatic carbocycles. The molecule has 0 saturated carbocycles. The number of rotatable bonds is 7. The topological polar surface area (TPSA) is 66.5 Å². The first-order valence-electron chi connectivity index (χ1n) is 10.7. The lowest BCUT2D eigenvalue weighted by Crippen LogP contribution is -2.32. The highest BCUT2D eigenvalue weighted by Crippen LogP contribution is 2.31. The molecule has 5 nitrogen and oxygen atoms in total. The van der Waals surface area contributed by atoms with Gasteiger partial charge in [-0.1, -0.05) is 77.3 Å². The van der Waals surface area contributed by atoms with E-state index in [4.69, 9.17) is 23.2 Å². The maximum atomic E-state index is 13.8. The number of anilines is 2. The van der Waals surface area contributed by atoms with Crippen molar-refractivity contribution in [3.63, 3.8) is 0 Å². The van der Waals surface area contributed by atoms with Gasteiger partial charge in [-0.25, -0.2) is 8.42 Å². The van der Waals surface area contributed by atoms with Crippen molar-refractivity contribution < 1.29 is 13.2 Å². The third-order valence-electron chi connectivity index (χ3n) is 5.39. The quantitative estimate of drug-likeness (QED) is 0.284. The van der Waals surface area contributed by atoms with Crippen LogP contribution in [0.4, 0.5) is 11.4 Å². The Hall–Kier alpha value is -3.32. The van der Waals surface area contributed by atoms with Crippen LogP contribution < -0.4 is 9.62 Å². The van der Waals surface area contributed by atoms with Crippen molar-refractivity contribution in [3.8, 4) is 0 Å². The average Bonchev–Trinajstić information content (AvgIpc) is 2.85. The van der Waals surface area contributed by atoms with Crippen molar-refractivity contribution in [1.82, 2.24) is 0 Å². The summed E-state index contributed by atoms with van der Waals surface area (Å²) in [6, 6.07) is 26.9. The van der Waals surface area contributed by atoms with Crippen molar-refractivity contribution in [2.45, 2.75) is 18.4 Å². The molecule has 1 amide bonds. The van der Waals surface area contributed by atoms with E-state index in [2.05, 4.69) is 5.32 Å². The summed E-state index contributed by atoms with van der Waals surface area (Å²) < 4.78 is 28.9. The van der Waals surface area contributed by atoms with Crippen LogP contribution in [0.3, 0.4) is 0 Å². The van der Waals surface area contributed by atoms with Crippen molar-refractivity contribution in [2.75, 3.05) is 9.62 Å². The van der Waals surface area contributed by atoms with E-state index in [0.717, 1.165) is 5.56 Å². The third kappa shape index (κ3) is 5.68. The van der Waals surface area contributed by atoms with Crippen molar-refractivity contribution in [1.29, 1.82) is 0 Å². The van der Waals surface area contributed by atoms with Crippen LogP contribution in [0.15, 0.2) is 102 Å². The lowest BCUT2D eigenvalue weighted by atomic mass is 10.1. The monoisotopic (exact) mass is 524 g/mol. The largest absolute Gasteiger partial charge is 0.321 e. The van der Waals surface area contributed by atoms with Gasteiger partial charge in [-0.2, -0.15) is 0 Å². The molecule has 0 radical (unpaired) electrons. The van der Waals surface area contributed by atoms with Gasteiger partial charge < -0.3 is 5.32 Å². The number of nitrogens with one attached hydrogen (secondary N) is 1. The Labute approximate surface area is 215 Å². The van der Waals surface area contributed by atoms with E-state index in [9.17, 15) is 13.2 Å². The second-order valence-corrected chi connectivity index (χ2v) is 10.6. The molecule has 0 heterocycles. The highest BCUT2D eigenvalue weighted by atomic mass is 35.5. The Morgan fingerprint density at radius 2 is 1.46 bits per heavy atom. The second-order valence-electron chi connectivity index (χ2n) is 7.90. The number of sulfonamides is 1. The van der Waals surface area contributed by atoms with Crippen LogP contribution in [0, 0.1) is 6.92 Å². The number of aryl methyl sites for hydroxylation is 1. The van der Waals surface area contributed by atoms with Gasteiger partial charge in [-0.05, 0) is 61.0 Å². The van der Waals surface area contributed by atoms with E-state index in [1.807, 2.05) is 6.92 Å². The molecule has 8 heteroatoms. The fourth-order valence-electron chi connectivity index (χ4n) is 3.53. The smallest absolute Gasteiger partial charge is 0.264 e. The maximum absolute atomic E-state index is 13.8. The minimum absolute atomic E-state index is 0.00374. The molecule has 4 rings (SSSR count).